The van der Waals surface area contributed by atoms with Crippen molar-refractivity contribution in [3.8, 4) is 0 Å². The van der Waals surface area contributed by atoms with E-state index in [1.807, 2.05) is 13.0 Å². The number of hydrogen-bond acceptors (Lipinski definition) is 2. The summed E-state index contributed by atoms with van der Waals surface area (Å²) >= 11 is 0. The third-order valence-electron chi connectivity index (χ3n) is 1.11. The summed E-state index contributed by atoms with van der Waals surface area (Å²) in [6, 6.07) is 0. The summed E-state index contributed by atoms with van der Waals surface area (Å²) in [7, 11) is 1.66. The monoisotopic (exact) mass is 142 g/mol. The second-order valence-corrected chi connectivity index (χ2v) is 2.00. The Morgan fingerprint density at radius 2 is 2.20 bits per heavy atom. The fourth-order valence-corrected chi connectivity index (χ4v) is 0.611. The molecule has 0 aliphatic rings. The van der Waals surface area contributed by atoms with Gasteiger partial charge in [0.2, 0.25) is 0 Å². The molecule has 0 saturated heterocycles. The molecule has 0 aromatic carbocycles. The Kier molecular flexibility index (Phi) is 4.58. The van der Waals surface area contributed by atoms with Crippen molar-refractivity contribution in [1.29, 1.82) is 0 Å². The van der Waals surface area contributed by atoms with Gasteiger partial charge < -0.3 is 0 Å². The molecule has 0 fully saturated rings. The van der Waals surface area contributed by atoms with E-state index < -0.39 is 0 Å². The van der Waals surface area contributed by atoms with Crippen molar-refractivity contribution >= 4 is 5.91 Å². The van der Waals surface area contributed by atoms with Crippen LogP contribution in [0.1, 0.15) is 20.3 Å². The number of carbonyl (C=O) groups excluding carboxylic acids is 1. The van der Waals surface area contributed by atoms with Crippen LogP contribution in [0, 0.1) is 0 Å². The fourth-order valence-electron chi connectivity index (χ4n) is 0.611. The minimum atomic E-state index is -0.0654. The van der Waals surface area contributed by atoms with Crippen LogP contribution in [0.5, 0.6) is 0 Å². The molecule has 58 valence electrons. The zero-order valence-corrected chi connectivity index (χ0v) is 6.69. The summed E-state index contributed by atoms with van der Waals surface area (Å²) in [5.41, 5.74) is 5.79. The maximum Gasteiger partial charge on any atom is 0.260 e. The van der Waals surface area contributed by atoms with Crippen LogP contribution < -0.4 is 10.9 Å². The first kappa shape index (κ1) is 9.17. The average molecular weight is 142 g/mol. The average Bonchev–Trinajstić information content (AvgIpc) is 1.89. The molecule has 1 amide bonds. The van der Waals surface area contributed by atoms with Gasteiger partial charge in [0.25, 0.3) is 5.91 Å². The van der Waals surface area contributed by atoms with E-state index in [0.717, 1.165) is 12.0 Å². The number of rotatable bonds is 3. The van der Waals surface area contributed by atoms with Gasteiger partial charge in [0.1, 0.15) is 0 Å². The van der Waals surface area contributed by atoms with Crippen LogP contribution in [-0.2, 0) is 4.79 Å². The molecular weight excluding hydrogens is 128 g/mol. The molecule has 3 heteroatoms. The number of amides is 1. The van der Waals surface area contributed by atoms with Crippen LogP contribution in [0.4, 0.5) is 0 Å². The Hall–Kier alpha value is -0.830. The van der Waals surface area contributed by atoms with Crippen molar-refractivity contribution in [1.82, 2.24) is 10.9 Å². The van der Waals surface area contributed by atoms with Gasteiger partial charge in [-0.3, -0.25) is 10.2 Å². The Bertz CT molecular complexity index is 141. The molecular formula is C7H14N2O. The molecule has 0 aromatic rings. The summed E-state index contributed by atoms with van der Waals surface area (Å²) < 4.78 is 0. The molecule has 3 nitrogen and oxygen atoms in total. The predicted octanol–water partition coefficient (Wildman–Crippen LogP) is 0.593. The van der Waals surface area contributed by atoms with Crippen molar-refractivity contribution < 1.29 is 4.79 Å². The number of hydrogen-bond donors (Lipinski definition) is 2. The van der Waals surface area contributed by atoms with E-state index >= 15 is 0 Å². The normalized spacial score (nSPS) is 11.3. The zero-order valence-electron chi connectivity index (χ0n) is 6.69. The molecule has 2 N–H and O–H groups in total. The van der Waals surface area contributed by atoms with Crippen molar-refractivity contribution in [3.05, 3.63) is 11.6 Å². The topological polar surface area (TPSA) is 41.1 Å². The zero-order chi connectivity index (χ0) is 7.98. The second-order valence-electron chi connectivity index (χ2n) is 2.00. The predicted molar refractivity (Wildman–Crippen MR) is 41.3 cm³/mol. The third kappa shape index (κ3) is 3.25. The number of allylic oxidation sites excluding steroid dienone is 1. The van der Waals surface area contributed by atoms with Gasteiger partial charge in [-0.25, -0.2) is 5.43 Å². The lowest BCUT2D eigenvalue weighted by atomic mass is 10.2. The van der Waals surface area contributed by atoms with Gasteiger partial charge in [-0.2, -0.15) is 0 Å². The lowest BCUT2D eigenvalue weighted by molar-refractivity contribution is -0.118. The van der Waals surface area contributed by atoms with E-state index in [2.05, 4.69) is 10.9 Å². The molecule has 0 heterocycles. The maximum atomic E-state index is 10.9. The quantitative estimate of drug-likeness (QED) is 0.447. The first-order valence-electron chi connectivity index (χ1n) is 3.36. The van der Waals surface area contributed by atoms with E-state index in [-0.39, 0.29) is 5.91 Å². The van der Waals surface area contributed by atoms with Gasteiger partial charge in [-0.05, 0) is 13.3 Å². The van der Waals surface area contributed by atoms with Crippen LogP contribution in [-0.4, -0.2) is 13.0 Å². The highest BCUT2D eigenvalue weighted by atomic mass is 16.2. The molecule has 0 spiro atoms. The van der Waals surface area contributed by atoms with Gasteiger partial charge in [-0.1, -0.05) is 13.0 Å². The standard InChI is InChI=1S/C7H14N2O/c1-4-5-6(2)7(10)9-8-3/h5,8H,4H2,1-3H3,(H,9,10)/b6-5+. The Labute approximate surface area is 61.5 Å². The van der Waals surface area contributed by atoms with Crippen LogP contribution in [0.15, 0.2) is 11.6 Å². The van der Waals surface area contributed by atoms with Gasteiger partial charge >= 0.3 is 0 Å². The first-order valence-corrected chi connectivity index (χ1v) is 3.36. The van der Waals surface area contributed by atoms with Crippen molar-refractivity contribution in [2.24, 2.45) is 0 Å². The van der Waals surface area contributed by atoms with Crippen LogP contribution in [0.2, 0.25) is 0 Å². The molecule has 0 aliphatic heterocycles. The van der Waals surface area contributed by atoms with E-state index in [9.17, 15) is 4.79 Å². The van der Waals surface area contributed by atoms with Crippen molar-refractivity contribution in [2.45, 2.75) is 20.3 Å². The summed E-state index contributed by atoms with van der Waals surface area (Å²) in [6.45, 7) is 3.78. The van der Waals surface area contributed by atoms with Gasteiger partial charge in [0.05, 0.1) is 0 Å². The highest BCUT2D eigenvalue weighted by Gasteiger charge is 1.98. The molecule has 0 rings (SSSR count). The first-order chi connectivity index (χ1) is 4.72. The number of nitrogens with one attached hydrogen (secondary N) is 2. The minimum absolute atomic E-state index is 0.0654. The molecule has 0 aromatic heterocycles. The molecule has 0 saturated carbocycles. The lowest BCUT2D eigenvalue weighted by Gasteiger charge is -2.00. The highest BCUT2D eigenvalue weighted by Crippen LogP contribution is 1.92. The molecule has 10 heavy (non-hydrogen) atoms. The molecule has 0 unspecified atom stereocenters. The van der Waals surface area contributed by atoms with Gasteiger partial charge in [-0.15, -0.1) is 0 Å². The maximum absolute atomic E-state index is 10.9. The number of carbonyl (C=O) groups is 1. The van der Waals surface area contributed by atoms with Crippen molar-refractivity contribution in [2.75, 3.05) is 7.05 Å². The Morgan fingerprint density at radius 3 is 2.60 bits per heavy atom. The fraction of sp³-hybridized carbons (Fsp3) is 0.571. The highest BCUT2D eigenvalue weighted by molar-refractivity contribution is 5.92. The molecule has 0 bridgehead atoms. The summed E-state index contributed by atoms with van der Waals surface area (Å²) in [5, 5.41) is 0. The van der Waals surface area contributed by atoms with E-state index in [1.165, 1.54) is 0 Å². The SMILES string of the molecule is CC/C=C(\C)C(=O)NNC. The number of hydrazine groups is 1. The van der Waals surface area contributed by atoms with E-state index in [0.29, 0.717) is 0 Å². The second kappa shape index (κ2) is 4.99. The summed E-state index contributed by atoms with van der Waals surface area (Å²) in [4.78, 5) is 10.9. The smallest absolute Gasteiger partial charge is 0.260 e. The molecule has 0 aliphatic carbocycles. The third-order valence-corrected chi connectivity index (χ3v) is 1.11. The van der Waals surface area contributed by atoms with Gasteiger partial charge in [0, 0.05) is 12.6 Å². The summed E-state index contributed by atoms with van der Waals surface area (Å²) in [5.74, 6) is -0.0654. The van der Waals surface area contributed by atoms with Crippen LogP contribution in [0.25, 0.3) is 0 Å². The summed E-state index contributed by atoms with van der Waals surface area (Å²) in [6.07, 6.45) is 2.77. The van der Waals surface area contributed by atoms with E-state index in [1.54, 1.807) is 14.0 Å². The lowest BCUT2D eigenvalue weighted by Crippen LogP contribution is -2.34. The van der Waals surface area contributed by atoms with Crippen LogP contribution in [0.3, 0.4) is 0 Å². The molecule has 0 radical (unpaired) electrons. The van der Waals surface area contributed by atoms with Crippen LogP contribution >= 0.6 is 0 Å². The largest absolute Gasteiger partial charge is 0.288 e. The Balaban J connectivity index is 3.82. The minimum Gasteiger partial charge on any atom is -0.288 e. The molecule has 0 atom stereocenters. The Morgan fingerprint density at radius 1 is 1.60 bits per heavy atom. The van der Waals surface area contributed by atoms with Crippen molar-refractivity contribution in [3.63, 3.8) is 0 Å². The van der Waals surface area contributed by atoms with Gasteiger partial charge in [0.15, 0.2) is 0 Å². The van der Waals surface area contributed by atoms with E-state index in [4.69, 9.17) is 0 Å².